The molecule has 2 N–H and O–H groups in total. The minimum absolute atomic E-state index is 0.750. The van der Waals surface area contributed by atoms with Crippen LogP contribution in [0.3, 0.4) is 0 Å². The summed E-state index contributed by atoms with van der Waals surface area (Å²) in [7, 11) is 1.66. The number of hydrogen-bond acceptors (Lipinski definition) is 2. The SMILES string of the molecule is COc1ccc(N)c(-n2cc(C)cc2C)c1. The zero-order valence-electron chi connectivity index (χ0n) is 9.82. The van der Waals surface area contributed by atoms with Gasteiger partial charge >= 0.3 is 0 Å². The number of benzene rings is 1. The summed E-state index contributed by atoms with van der Waals surface area (Å²) in [4.78, 5) is 0. The summed E-state index contributed by atoms with van der Waals surface area (Å²) in [6, 6.07) is 7.80. The lowest BCUT2D eigenvalue weighted by Gasteiger charge is -2.11. The maximum absolute atomic E-state index is 5.98. The smallest absolute Gasteiger partial charge is 0.121 e. The first-order valence-corrected chi connectivity index (χ1v) is 5.21. The third-order valence-electron chi connectivity index (χ3n) is 2.65. The Morgan fingerprint density at radius 3 is 2.50 bits per heavy atom. The van der Waals surface area contributed by atoms with Crippen LogP contribution in [0.15, 0.2) is 30.5 Å². The summed E-state index contributed by atoms with van der Waals surface area (Å²) in [5.74, 6) is 0.815. The number of aromatic nitrogens is 1. The van der Waals surface area contributed by atoms with Gasteiger partial charge in [0.05, 0.1) is 18.5 Å². The van der Waals surface area contributed by atoms with E-state index in [1.807, 2.05) is 18.2 Å². The molecule has 1 heterocycles. The van der Waals surface area contributed by atoms with Crippen molar-refractivity contribution in [2.24, 2.45) is 0 Å². The van der Waals surface area contributed by atoms with Crippen LogP contribution in [-0.2, 0) is 0 Å². The highest BCUT2D eigenvalue weighted by Crippen LogP contribution is 2.25. The van der Waals surface area contributed by atoms with Crippen LogP contribution in [0.4, 0.5) is 5.69 Å². The second-order valence-corrected chi connectivity index (χ2v) is 3.95. The number of nitrogen functional groups attached to an aromatic ring is 1. The van der Waals surface area contributed by atoms with E-state index < -0.39 is 0 Å². The van der Waals surface area contributed by atoms with Crippen LogP contribution in [-0.4, -0.2) is 11.7 Å². The first-order chi connectivity index (χ1) is 7.61. The lowest BCUT2D eigenvalue weighted by atomic mass is 10.2. The molecule has 3 heteroatoms. The van der Waals surface area contributed by atoms with E-state index in [2.05, 4.69) is 30.7 Å². The molecule has 0 amide bonds. The summed E-state index contributed by atoms with van der Waals surface area (Å²) in [6.45, 7) is 4.13. The predicted octanol–water partition coefficient (Wildman–Crippen LogP) is 2.68. The van der Waals surface area contributed by atoms with Crippen molar-refractivity contribution in [2.45, 2.75) is 13.8 Å². The van der Waals surface area contributed by atoms with E-state index >= 15 is 0 Å². The molecule has 16 heavy (non-hydrogen) atoms. The minimum Gasteiger partial charge on any atom is -0.497 e. The average molecular weight is 216 g/mol. The molecule has 0 spiro atoms. The fraction of sp³-hybridized carbons (Fsp3) is 0.231. The zero-order chi connectivity index (χ0) is 11.7. The molecule has 1 aromatic heterocycles. The minimum atomic E-state index is 0.750. The number of anilines is 1. The summed E-state index contributed by atoms with van der Waals surface area (Å²) < 4.78 is 7.29. The van der Waals surface area contributed by atoms with Crippen molar-refractivity contribution in [3.63, 3.8) is 0 Å². The number of nitrogens with zero attached hydrogens (tertiary/aromatic N) is 1. The molecule has 0 aliphatic carbocycles. The quantitative estimate of drug-likeness (QED) is 0.784. The van der Waals surface area contributed by atoms with Crippen LogP contribution >= 0.6 is 0 Å². The third kappa shape index (κ3) is 1.76. The molecule has 0 saturated carbocycles. The van der Waals surface area contributed by atoms with Crippen molar-refractivity contribution in [2.75, 3.05) is 12.8 Å². The molecule has 84 valence electrons. The van der Waals surface area contributed by atoms with Gasteiger partial charge in [-0.1, -0.05) is 0 Å². The van der Waals surface area contributed by atoms with E-state index in [4.69, 9.17) is 10.5 Å². The number of nitrogens with two attached hydrogens (primary N) is 1. The Morgan fingerprint density at radius 2 is 1.94 bits per heavy atom. The first-order valence-electron chi connectivity index (χ1n) is 5.21. The van der Waals surface area contributed by atoms with Gasteiger partial charge in [-0.2, -0.15) is 0 Å². The van der Waals surface area contributed by atoms with E-state index in [1.165, 1.54) is 5.56 Å². The highest BCUT2D eigenvalue weighted by Gasteiger charge is 2.06. The van der Waals surface area contributed by atoms with Crippen LogP contribution in [0.5, 0.6) is 5.75 Å². The molecule has 0 aliphatic heterocycles. The normalized spacial score (nSPS) is 10.4. The molecule has 0 fully saturated rings. The second-order valence-electron chi connectivity index (χ2n) is 3.95. The van der Waals surface area contributed by atoms with Gasteiger partial charge < -0.3 is 15.0 Å². The average Bonchev–Trinajstić information content (AvgIpc) is 2.58. The van der Waals surface area contributed by atoms with Crippen LogP contribution in [0, 0.1) is 13.8 Å². The van der Waals surface area contributed by atoms with Crippen LogP contribution in [0.1, 0.15) is 11.3 Å². The Bertz CT molecular complexity index is 515. The van der Waals surface area contributed by atoms with Gasteiger partial charge in [0.1, 0.15) is 5.75 Å². The third-order valence-corrected chi connectivity index (χ3v) is 2.65. The Balaban J connectivity index is 2.58. The highest BCUT2D eigenvalue weighted by atomic mass is 16.5. The zero-order valence-corrected chi connectivity index (χ0v) is 9.82. The predicted molar refractivity (Wildman–Crippen MR) is 66.2 cm³/mol. The van der Waals surface area contributed by atoms with Gasteiger partial charge in [-0.15, -0.1) is 0 Å². The number of methoxy groups -OCH3 is 1. The van der Waals surface area contributed by atoms with Crippen molar-refractivity contribution in [1.29, 1.82) is 0 Å². The van der Waals surface area contributed by atoms with E-state index in [9.17, 15) is 0 Å². The molecule has 0 radical (unpaired) electrons. The topological polar surface area (TPSA) is 40.2 Å². The summed E-state index contributed by atoms with van der Waals surface area (Å²) in [5, 5.41) is 0. The molecule has 3 nitrogen and oxygen atoms in total. The van der Waals surface area contributed by atoms with Gasteiger partial charge in [0.15, 0.2) is 0 Å². The summed E-state index contributed by atoms with van der Waals surface area (Å²) >= 11 is 0. The van der Waals surface area contributed by atoms with E-state index in [0.29, 0.717) is 0 Å². The fourth-order valence-corrected chi connectivity index (χ4v) is 1.86. The van der Waals surface area contributed by atoms with Gasteiger partial charge in [0, 0.05) is 18.0 Å². The molecule has 2 aromatic rings. The Morgan fingerprint density at radius 1 is 1.19 bits per heavy atom. The molecule has 0 unspecified atom stereocenters. The number of ether oxygens (including phenoxy) is 1. The van der Waals surface area contributed by atoms with Gasteiger partial charge in [0.25, 0.3) is 0 Å². The van der Waals surface area contributed by atoms with Crippen LogP contribution in [0.2, 0.25) is 0 Å². The van der Waals surface area contributed by atoms with Crippen molar-refractivity contribution in [1.82, 2.24) is 4.57 Å². The number of hydrogen-bond donors (Lipinski definition) is 1. The number of aryl methyl sites for hydroxylation is 2. The van der Waals surface area contributed by atoms with Crippen molar-refractivity contribution in [3.8, 4) is 11.4 Å². The van der Waals surface area contributed by atoms with E-state index in [0.717, 1.165) is 22.8 Å². The molecule has 0 saturated heterocycles. The fourth-order valence-electron chi connectivity index (χ4n) is 1.86. The standard InChI is InChI=1S/C13H16N2O/c1-9-6-10(2)15(8-9)13-7-11(16-3)4-5-12(13)14/h4-8H,14H2,1-3H3. The molecule has 0 aliphatic rings. The van der Waals surface area contributed by atoms with Crippen LogP contribution < -0.4 is 10.5 Å². The molecule has 0 bridgehead atoms. The second kappa shape index (κ2) is 3.93. The van der Waals surface area contributed by atoms with Crippen molar-refractivity contribution in [3.05, 3.63) is 41.7 Å². The molecule has 1 aromatic carbocycles. The lowest BCUT2D eigenvalue weighted by Crippen LogP contribution is -2.00. The maximum Gasteiger partial charge on any atom is 0.121 e. The number of rotatable bonds is 2. The molecule has 2 rings (SSSR count). The highest BCUT2D eigenvalue weighted by molar-refractivity contribution is 5.61. The molecule has 0 atom stereocenters. The molecular weight excluding hydrogens is 200 g/mol. The lowest BCUT2D eigenvalue weighted by molar-refractivity contribution is 0.414. The largest absolute Gasteiger partial charge is 0.497 e. The summed E-state index contributed by atoms with van der Waals surface area (Å²) in [6.07, 6.45) is 2.07. The summed E-state index contributed by atoms with van der Waals surface area (Å²) in [5.41, 5.74) is 10.1. The van der Waals surface area contributed by atoms with Crippen LogP contribution in [0.25, 0.3) is 5.69 Å². The molecular formula is C13H16N2O. The van der Waals surface area contributed by atoms with Crippen molar-refractivity contribution >= 4 is 5.69 Å². The van der Waals surface area contributed by atoms with Gasteiger partial charge in [0.2, 0.25) is 0 Å². The van der Waals surface area contributed by atoms with Gasteiger partial charge in [-0.05, 0) is 37.6 Å². The Labute approximate surface area is 95.5 Å². The van der Waals surface area contributed by atoms with Crippen molar-refractivity contribution < 1.29 is 4.74 Å². The van der Waals surface area contributed by atoms with Gasteiger partial charge in [-0.25, -0.2) is 0 Å². The monoisotopic (exact) mass is 216 g/mol. The Hall–Kier alpha value is -1.90. The maximum atomic E-state index is 5.98. The Kier molecular flexibility index (Phi) is 2.60. The van der Waals surface area contributed by atoms with Gasteiger partial charge in [-0.3, -0.25) is 0 Å². The van der Waals surface area contributed by atoms with E-state index in [1.54, 1.807) is 7.11 Å². The first kappa shape index (κ1) is 10.6. The van der Waals surface area contributed by atoms with E-state index in [-0.39, 0.29) is 0 Å².